The molecule has 0 fully saturated rings. The average Bonchev–Trinajstić information content (AvgIpc) is 2.52. The lowest BCUT2D eigenvalue weighted by molar-refractivity contribution is 0.158. The highest BCUT2D eigenvalue weighted by Crippen LogP contribution is 2.11. The van der Waals surface area contributed by atoms with Crippen molar-refractivity contribution in [2.24, 2.45) is 0 Å². The van der Waals surface area contributed by atoms with E-state index in [1.807, 2.05) is 0 Å². The van der Waals surface area contributed by atoms with E-state index in [0.717, 1.165) is 19.5 Å². The quantitative estimate of drug-likeness (QED) is 0.312. The second-order valence-corrected chi connectivity index (χ2v) is 6.89. The Labute approximate surface area is 140 Å². The van der Waals surface area contributed by atoms with Crippen LogP contribution >= 0.6 is 0 Å². The van der Waals surface area contributed by atoms with Gasteiger partial charge in [-0.15, -0.1) is 0 Å². The van der Waals surface area contributed by atoms with Gasteiger partial charge in [-0.2, -0.15) is 0 Å². The smallest absolute Gasteiger partial charge is 0.0664 e. The molecule has 0 spiro atoms. The first-order valence-electron chi connectivity index (χ1n) is 10.2. The maximum absolute atomic E-state index is 9.91. The third-order valence-electron chi connectivity index (χ3n) is 4.48. The topological polar surface area (TPSA) is 32.3 Å². The Bertz CT molecular complexity index is 196. The van der Waals surface area contributed by atoms with Crippen LogP contribution in [0.2, 0.25) is 0 Å². The van der Waals surface area contributed by atoms with Crippen molar-refractivity contribution >= 4 is 0 Å². The normalized spacial score (nSPS) is 12.7. The lowest BCUT2D eigenvalue weighted by atomic mass is 10.0. The molecule has 2 heteroatoms. The molecule has 0 aromatic carbocycles. The predicted molar refractivity (Wildman–Crippen MR) is 99.5 cm³/mol. The summed E-state index contributed by atoms with van der Waals surface area (Å²) in [7, 11) is 0. The fraction of sp³-hybridized carbons (Fsp3) is 1.00. The van der Waals surface area contributed by atoms with Gasteiger partial charge in [-0.1, -0.05) is 97.3 Å². The first-order chi connectivity index (χ1) is 10.8. The molecule has 0 heterocycles. The monoisotopic (exact) mass is 313 g/mol. The summed E-state index contributed by atoms with van der Waals surface area (Å²) >= 11 is 0. The second-order valence-electron chi connectivity index (χ2n) is 6.89. The molecule has 1 unspecified atom stereocenters. The van der Waals surface area contributed by atoms with Gasteiger partial charge in [-0.25, -0.2) is 0 Å². The van der Waals surface area contributed by atoms with E-state index in [-0.39, 0.29) is 6.10 Å². The van der Waals surface area contributed by atoms with Crippen LogP contribution in [0.15, 0.2) is 0 Å². The fourth-order valence-electron chi connectivity index (χ4n) is 2.91. The Balaban J connectivity index is 3.10. The van der Waals surface area contributed by atoms with Gasteiger partial charge in [0.05, 0.1) is 6.10 Å². The minimum Gasteiger partial charge on any atom is -0.392 e. The van der Waals surface area contributed by atoms with Gasteiger partial charge < -0.3 is 10.4 Å². The lowest BCUT2D eigenvalue weighted by Crippen LogP contribution is -2.27. The highest BCUT2D eigenvalue weighted by Gasteiger charge is 2.03. The van der Waals surface area contributed by atoms with E-state index in [1.54, 1.807) is 0 Å². The van der Waals surface area contributed by atoms with Crippen molar-refractivity contribution < 1.29 is 5.11 Å². The van der Waals surface area contributed by atoms with Crippen molar-refractivity contribution in [2.75, 3.05) is 13.1 Å². The van der Waals surface area contributed by atoms with Gasteiger partial charge in [0.1, 0.15) is 0 Å². The third kappa shape index (κ3) is 18.0. The molecule has 0 rings (SSSR count). The molecule has 2 nitrogen and oxygen atoms in total. The van der Waals surface area contributed by atoms with E-state index in [9.17, 15) is 5.11 Å². The van der Waals surface area contributed by atoms with Gasteiger partial charge in [0.25, 0.3) is 0 Å². The number of rotatable bonds is 18. The van der Waals surface area contributed by atoms with Crippen LogP contribution in [0, 0.1) is 0 Å². The zero-order valence-corrected chi connectivity index (χ0v) is 15.5. The van der Waals surface area contributed by atoms with E-state index in [1.165, 1.54) is 89.9 Å². The summed E-state index contributed by atoms with van der Waals surface area (Å²) in [5.41, 5.74) is 0. The highest BCUT2D eigenvalue weighted by atomic mass is 16.3. The molecule has 0 aromatic heterocycles. The van der Waals surface area contributed by atoms with E-state index in [2.05, 4.69) is 19.2 Å². The third-order valence-corrected chi connectivity index (χ3v) is 4.48. The molecule has 0 saturated carbocycles. The molecule has 0 bridgehead atoms. The summed E-state index contributed by atoms with van der Waals surface area (Å²) in [5.74, 6) is 0. The Morgan fingerprint density at radius 1 is 0.636 bits per heavy atom. The Kier molecular flexibility index (Phi) is 18.9. The molecule has 0 aliphatic carbocycles. The number of nitrogens with one attached hydrogen (secondary N) is 1. The van der Waals surface area contributed by atoms with E-state index in [0.29, 0.717) is 0 Å². The summed E-state index contributed by atoms with van der Waals surface area (Å²) in [6, 6.07) is 0. The molecule has 0 aliphatic rings. The van der Waals surface area contributed by atoms with Gasteiger partial charge in [0, 0.05) is 6.54 Å². The van der Waals surface area contributed by atoms with Gasteiger partial charge in [0.15, 0.2) is 0 Å². The summed E-state index contributed by atoms with van der Waals surface area (Å²) in [5, 5.41) is 13.3. The SMILES string of the molecule is CCCCCCCCCCCCC(O)CNCCCCCC. The van der Waals surface area contributed by atoms with Crippen LogP contribution in [0.25, 0.3) is 0 Å². The van der Waals surface area contributed by atoms with Gasteiger partial charge in [0.2, 0.25) is 0 Å². The molecule has 0 aliphatic heterocycles. The van der Waals surface area contributed by atoms with Crippen LogP contribution in [0.1, 0.15) is 110 Å². The van der Waals surface area contributed by atoms with Crippen molar-refractivity contribution in [1.29, 1.82) is 0 Å². The van der Waals surface area contributed by atoms with Crippen molar-refractivity contribution in [3.05, 3.63) is 0 Å². The van der Waals surface area contributed by atoms with Crippen molar-refractivity contribution in [1.82, 2.24) is 5.32 Å². The molecular formula is C20H43NO. The first-order valence-corrected chi connectivity index (χ1v) is 10.2. The van der Waals surface area contributed by atoms with Crippen LogP contribution in [0.5, 0.6) is 0 Å². The maximum Gasteiger partial charge on any atom is 0.0664 e. The molecule has 134 valence electrons. The number of hydrogen-bond donors (Lipinski definition) is 2. The predicted octanol–water partition coefficient (Wildman–Crippen LogP) is 5.83. The van der Waals surface area contributed by atoms with Gasteiger partial charge in [-0.05, 0) is 19.4 Å². The number of aliphatic hydroxyl groups is 1. The number of unbranched alkanes of at least 4 members (excludes halogenated alkanes) is 12. The number of aliphatic hydroxyl groups excluding tert-OH is 1. The van der Waals surface area contributed by atoms with E-state index >= 15 is 0 Å². The molecule has 0 radical (unpaired) electrons. The van der Waals surface area contributed by atoms with Crippen LogP contribution < -0.4 is 5.32 Å². The largest absolute Gasteiger partial charge is 0.392 e. The molecule has 0 aromatic rings. The second kappa shape index (κ2) is 19.0. The Morgan fingerprint density at radius 3 is 1.64 bits per heavy atom. The molecule has 0 saturated heterocycles. The molecule has 1 atom stereocenters. The minimum absolute atomic E-state index is 0.139. The summed E-state index contributed by atoms with van der Waals surface area (Å²) in [6.07, 6.45) is 19.7. The van der Waals surface area contributed by atoms with Crippen LogP contribution in [0.3, 0.4) is 0 Å². The van der Waals surface area contributed by atoms with Gasteiger partial charge in [-0.3, -0.25) is 0 Å². The Hall–Kier alpha value is -0.0800. The maximum atomic E-state index is 9.91. The summed E-state index contributed by atoms with van der Waals surface area (Å²) in [6.45, 7) is 6.36. The first kappa shape index (κ1) is 21.9. The molecular weight excluding hydrogens is 270 g/mol. The molecule has 0 amide bonds. The standard InChI is InChI=1S/C20H43NO/c1-3-5-7-9-10-11-12-13-14-15-17-20(22)19-21-18-16-8-6-4-2/h20-22H,3-19H2,1-2H3. The van der Waals surface area contributed by atoms with Crippen LogP contribution in [0.4, 0.5) is 0 Å². The average molecular weight is 314 g/mol. The summed E-state index contributed by atoms with van der Waals surface area (Å²) < 4.78 is 0. The van der Waals surface area contributed by atoms with Crippen molar-refractivity contribution in [2.45, 2.75) is 116 Å². The van der Waals surface area contributed by atoms with E-state index in [4.69, 9.17) is 0 Å². The van der Waals surface area contributed by atoms with Crippen molar-refractivity contribution in [3.63, 3.8) is 0 Å². The fourth-order valence-corrected chi connectivity index (χ4v) is 2.91. The zero-order valence-electron chi connectivity index (χ0n) is 15.5. The molecule has 2 N–H and O–H groups in total. The lowest BCUT2D eigenvalue weighted by Gasteiger charge is -2.11. The Morgan fingerprint density at radius 2 is 1.09 bits per heavy atom. The van der Waals surface area contributed by atoms with E-state index < -0.39 is 0 Å². The van der Waals surface area contributed by atoms with Crippen LogP contribution in [-0.4, -0.2) is 24.3 Å². The van der Waals surface area contributed by atoms with Crippen LogP contribution in [-0.2, 0) is 0 Å². The summed E-state index contributed by atoms with van der Waals surface area (Å²) in [4.78, 5) is 0. The zero-order chi connectivity index (χ0) is 16.3. The minimum atomic E-state index is -0.139. The highest BCUT2D eigenvalue weighted by molar-refractivity contribution is 4.60. The van der Waals surface area contributed by atoms with Crippen molar-refractivity contribution in [3.8, 4) is 0 Å². The van der Waals surface area contributed by atoms with Gasteiger partial charge >= 0.3 is 0 Å². The number of hydrogen-bond acceptors (Lipinski definition) is 2. The molecule has 22 heavy (non-hydrogen) atoms.